The fraction of sp³-hybridized carbons (Fsp3) is 0.522. The highest BCUT2D eigenvalue weighted by molar-refractivity contribution is 5.74. The molecule has 28 heavy (non-hydrogen) atoms. The predicted molar refractivity (Wildman–Crippen MR) is 108 cm³/mol. The summed E-state index contributed by atoms with van der Waals surface area (Å²) in [5, 5.41) is 20.9. The second-order valence-electron chi connectivity index (χ2n) is 7.85. The lowest BCUT2D eigenvalue weighted by Crippen LogP contribution is -2.19. The maximum atomic E-state index is 11.1. The fourth-order valence-electron chi connectivity index (χ4n) is 4.24. The molecule has 0 bridgehead atoms. The molecular weight excluding hydrogens is 354 g/mol. The highest BCUT2D eigenvalue weighted by atomic mass is 16.5. The van der Waals surface area contributed by atoms with Gasteiger partial charge in [-0.3, -0.25) is 4.79 Å². The number of ether oxygens (including phenoxy) is 1. The van der Waals surface area contributed by atoms with Gasteiger partial charge in [-0.05, 0) is 24.8 Å². The molecule has 1 aliphatic carbocycles. The van der Waals surface area contributed by atoms with Crippen molar-refractivity contribution in [2.45, 2.75) is 63.8 Å². The van der Waals surface area contributed by atoms with Crippen molar-refractivity contribution >= 4 is 5.91 Å². The number of hydrogen-bond acceptors (Lipinski definition) is 4. The van der Waals surface area contributed by atoms with Crippen LogP contribution in [-0.2, 0) is 11.2 Å². The van der Waals surface area contributed by atoms with Crippen LogP contribution < -0.4 is 10.5 Å². The zero-order chi connectivity index (χ0) is 20.3. The zero-order valence-electron chi connectivity index (χ0n) is 16.5. The van der Waals surface area contributed by atoms with E-state index < -0.39 is 12.2 Å². The van der Waals surface area contributed by atoms with Crippen LogP contribution >= 0.6 is 0 Å². The van der Waals surface area contributed by atoms with Gasteiger partial charge in [0, 0.05) is 36.7 Å². The summed E-state index contributed by atoms with van der Waals surface area (Å²) in [5.74, 6) is 6.31. The summed E-state index contributed by atoms with van der Waals surface area (Å²) in [6.45, 7) is 3.76. The first kappa shape index (κ1) is 20.4. The summed E-state index contributed by atoms with van der Waals surface area (Å²) in [4.78, 5) is 11.1. The molecule has 0 aromatic heterocycles. The minimum atomic E-state index is -0.601. The average molecular weight is 383 g/mol. The molecule has 1 aliphatic heterocycles. The molecule has 4 N–H and O–H groups in total. The van der Waals surface area contributed by atoms with E-state index in [1.807, 2.05) is 31.2 Å². The van der Waals surface area contributed by atoms with Crippen LogP contribution in [0.25, 0.3) is 0 Å². The van der Waals surface area contributed by atoms with Gasteiger partial charge >= 0.3 is 0 Å². The van der Waals surface area contributed by atoms with Crippen molar-refractivity contribution < 1.29 is 19.7 Å². The summed E-state index contributed by atoms with van der Waals surface area (Å²) >= 11 is 0. The summed E-state index contributed by atoms with van der Waals surface area (Å²) < 4.78 is 6.18. The minimum Gasteiger partial charge on any atom is -0.489 e. The number of aliphatic hydroxyl groups excluding tert-OH is 2. The molecule has 0 radical (unpaired) electrons. The van der Waals surface area contributed by atoms with Crippen LogP contribution in [0.5, 0.6) is 5.75 Å². The Kier molecular flexibility index (Phi) is 6.43. The normalized spacial score (nSPS) is 27.4. The van der Waals surface area contributed by atoms with E-state index in [4.69, 9.17) is 10.5 Å². The number of hydrogen-bond donors (Lipinski definition) is 3. The largest absolute Gasteiger partial charge is 0.489 e. The SMILES string of the molecule is CC#CC[C@@H](C)[C@@H](O)/C=C\[C@H]1C(O)C[C@@H]2Oc3c(CCC(N)=O)cccc3[C@@H]21. The van der Waals surface area contributed by atoms with Gasteiger partial charge < -0.3 is 20.7 Å². The summed E-state index contributed by atoms with van der Waals surface area (Å²) in [6.07, 6.45) is 4.55. The van der Waals surface area contributed by atoms with Crippen molar-refractivity contribution in [2.75, 3.05) is 0 Å². The summed E-state index contributed by atoms with van der Waals surface area (Å²) in [6, 6.07) is 5.96. The third kappa shape index (κ3) is 4.24. The van der Waals surface area contributed by atoms with Crippen LogP contribution in [0.3, 0.4) is 0 Å². The number of primary amides is 1. The van der Waals surface area contributed by atoms with Crippen LogP contribution in [0.2, 0.25) is 0 Å². The molecule has 3 rings (SSSR count). The first-order valence-corrected chi connectivity index (χ1v) is 9.93. The van der Waals surface area contributed by atoms with Gasteiger partial charge in [0.05, 0.1) is 12.2 Å². The second-order valence-corrected chi connectivity index (χ2v) is 7.85. The number of benzene rings is 1. The van der Waals surface area contributed by atoms with Crippen molar-refractivity contribution in [3.63, 3.8) is 0 Å². The Morgan fingerprint density at radius 1 is 1.46 bits per heavy atom. The molecule has 5 heteroatoms. The first-order chi connectivity index (χ1) is 13.4. The van der Waals surface area contributed by atoms with E-state index in [1.165, 1.54) is 0 Å². The van der Waals surface area contributed by atoms with Gasteiger partial charge in [-0.15, -0.1) is 11.8 Å². The molecule has 150 valence electrons. The van der Waals surface area contributed by atoms with Crippen molar-refractivity contribution in [3.8, 4) is 17.6 Å². The number of aryl methyl sites for hydroxylation is 1. The quantitative estimate of drug-likeness (QED) is 0.498. The monoisotopic (exact) mass is 383 g/mol. The molecule has 1 unspecified atom stereocenters. The number of carbonyl (C=O) groups is 1. The van der Waals surface area contributed by atoms with Gasteiger partial charge in [0.15, 0.2) is 0 Å². The maximum absolute atomic E-state index is 11.1. The standard InChI is InChI=1S/C23H29NO4/c1-3-4-6-14(2)18(25)11-10-16-19(26)13-20-22(16)17-8-5-7-15(23(17)28-20)9-12-21(24)27/h5,7-8,10-11,14,16,18-20,22,25-26H,6,9,12-13H2,1-2H3,(H2,24,27)/b11-10-/t14-,16+,18+,19?,20+,22+/m1/s1. The Hall–Kier alpha value is -2.29. The van der Waals surface area contributed by atoms with E-state index in [0.29, 0.717) is 19.3 Å². The summed E-state index contributed by atoms with van der Waals surface area (Å²) in [7, 11) is 0. The van der Waals surface area contributed by atoms with E-state index in [9.17, 15) is 15.0 Å². The summed E-state index contributed by atoms with van der Waals surface area (Å²) in [5.41, 5.74) is 7.33. The highest BCUT2D eigenvalue weighted by Crippen LogP contribution is 2.52. The highest BCUT2D eigenvalue weighted by Gasteiger charge is 2.48. The molecule has 2 aliphatic rings. The van der Waals surface area contributed by atoms with Crippen molar-refractivity contribution in [1.82, 2.24) is 0 Å². The van der Waals surface area contributed by atoms with Crippen LogP contribution in [0.4, 0.5) is 0 Å². The molecule has 5 nitrogen and oxygen atoms in total. The molecule has 1 saturated carbocycles. The molecule has 1 aromatic rings. The smallest absolute Gasteiger partial charge is 0.217 e. The Morgan fingerprint density at radius 2 is 2.25 bits per heavy atom. The fourth-order valence-corrected chi connectivity index (χ4v) is 4.24. The Morgan fingerprint density at radius 3 is 2.96 bits per heavy atom. The van der Waals surface area contributed by atoms with Crippen LogP contribution in [0.15, 0.2) is 30.4 Å². The third-order valence-electron chi connectivity index (χ3n) is 5.84. The number of rotatable bonds is 7. The van der Waals surface area contributed by atoms with E-state index >= 15 is 0 Å². The first-order valence-electron chi connectivity index (χ1n) is 9.93. The van der Waals surface area contributed by atoms with Crippen molar-refractivity contribution in [3.05, 3.63) is 41.5 Å². The minimum absolute atomic E-state index is 0.0329. The van der Waals surface area contributed by atoms with Gasteiger partial charge in [-0.1, -0.05) is 37.3 Å². The second kappa shape index (κ2) is 8.81. The van der Waals surface area contributed by atoms with Gasteiger partial charge in [0.1, 0.15) is 11.9 Å². The van der Waals surface area contributed by atoms with Gasteiger partial charge in [-0.25, -0.2) is 0 Å². The predicted octanol–water partition coefficient (Wildman–Crippen LogP) is 2.30. The molecule has 1 fully saturated rings. The Labute approximate surface area is 166 Å². The van der Waals surface area contributed by atoms with E-state index in [-0.39, 0.29) is 36.2 Å². The lowest BCUT2D eigenvalue weighted by Gasteiger charge is -2.19. The number of amides is 1. The number of para-hydroxylation sites is 1. The zero-order valence-corrected chi connectivity index (χ0v) is 16.5. The molecule has 1 aromatic carbocycles. The van der Waals surface area contributed by atoms with Crippen LogP contribution in [0.1, 0.15) is 50.2 Å². The number of nitrogens with two attached hydrogens (primary N) is 1. The maximum Gasteiger partial charge on any atom is 0.217 e. The van der Waals surface area contributed by atoms with Gasteiger partial charge in [-0.2, -0.15) is 0 Å². The van der Waals surface area contributed by atoms with E-state index in [1.54, 1.807) is 13.0 Å². The van der Waals surface area contributed by atoms with Crippen molar-refractivity contribution in [2.24, 2.45) is 17.6 Å². The topological polar surface area (TPSA) is 92.8 Å². The van der Waals surface area contributed by atoms with Crippen LogP contribution in [-0.4, -0.2) is 34.4 Å². The molecule has 0 spiro atoms. The molecule has 0 saturated heterocycles. The molecule has 6 atom stereocenters. The lowest BCUT2D eigenvalue weighted by atomic mass is 9.86. The third-order valence-corrected chi connectivity index (χ3v) is 5.84. The average Bonchev–Trinajstić information content (AvgIpc) is 3.17. The van der Waals surface area contributed by atoms with Crippen LogP contribution in [0, 0.1) is 23.7 Å². The van der Waals surface area contributed by atoms with Crippen molar-refractivity contribution in [1.29, 1.82) is 0 Å². The Balaban J connectivity index is 1.78. The van der Waals surface area contributed by atoms with E-state index in [2.05, 4.69) is 11.8 Å². The number of fused-ring (bicyclic) bond motifs is 3. The lowest BCUT2D eigenvalue weighted by molar-refractivity contribution is -0.117. The Bertz CT molecular complexity index is 807. The van der Waals surface area contributed by atoms with Gasteiger partial charge in [0.25, 0.3) is 0 Å². The molecular formula is C23H29NO4. The van der Waals surface area contributed by atoms with E-state index in [0.717, 1.165) is 16.9 Å². The molecule has 1 heterocycles. The number of carbonyl (C=O) groups excluding carboxylic acids is 1. The van der Waals surface area contributed by atoms with Gasteiger partial charge in [0.2, 0.25) is 5.91 Å². The number of aliphatic hydroxyl groups is 2. The molecule has 1 amide bonds.